The van der Waals surface area contributed by atoms with Gasteiger partial charge in [-0.25, -0.2) is 24.3 Å². The molecule has 0 spiro atoms. The Morgan fingerprint density at radius 1 is 0.971 bits per heavy atom. The smallest absolute Gasteiger partial charge is 0.182 e. The zero-order valence-electron chi connectivity index (χ0n) is 19.3. The monoisotopic (exact) mass is 476 g/mol. The van der Waals surface area contributed by atoms with Gasteiger partial charge in [-0.05, 0) is 75.6 Å². The van der Waals surface area contributed by atoms with E-state index in [9.17, 15) is 4.39 Å². The lowest BCUT2D eigenvalue weighted by Crippen LogP contribution is -2.16. The van der Waals surface area contributed by atoms with E-state index in [0.717, 1.165) is 37.1 Å². The van der Waals surface area contributed by atoms with Gasteiger partial charge in [-0.1, -0.05) is 18.0 Å². The second kappa shape index (κ2) is 8.38. The average Bonchev–Trinajstić information content (AvgIpc) is 3.56. The van der Waals surface area contributed by atoms with Crippen LogP contribution in [0.4, 0.5) is 4.39 Å². The van der Waals surface area contributed by atoms with Gasteiger partial charge >= 0.3 is 0 Å². The molecule has 174 valence electrons. The van der Waals surface area contributed by atoms with Crippen LogP contribution < -0.4 is 0 Å². The Kier molecular flexibility index (Phi) is 5.32. The quantitative estimate of drug-likeness (QED) is 0.337. The predicted molar refractivity (Wildman–Crippen MR) is 129 cm³/mol. The summed E-state index contributed by atoms with van der Waals surface area (Å²) in [6, 6.07) is 5.23. The molecule has 2 aliphatic carbocycles. The Balaban J connectivity index is 1.41. The Morgan fingerprint density at radius 3 is 2.56 bits per heavy atom. The van der Waals surface area contributed by atoms with E-state index >= 15 is 0 Å². The number of hydrogen-bond acceptors (Lipinski definition) is 5. The third-order valence-electron chi connectivity index (χ3n) is 7.20. The van der Waals surface area contributed by atoms with Crippen LogP contribution in [-0.2, 0) is 0 Å². The van der Waals surface area contributed by atoms with Crippen LogP contribution in [-0.4, -0.2) is 29.7 Å². The molecule has 0 radical (unpaired) electrons. The van der Waals surface area contributed by atoms with Gasteiger partial charge in [0.25, 0.3) is 0 Å². The summed E-state index contributed by atoms with van der Waals surface area (Å²) < 4.78 is 17.1. The molecule has 2 atom stereocenters. The second-order valence-electron chi connectivity index (χ2n) is 9.67. The van der Waals surface area contributed by atoms with E-state index in [-0.39, 0.29) is 5.92 Å². The highest BCUT2D eigenvalue weighted by atomic mass is 35.5. The molecule has 3 heterocycles. The third kappa shape index (κ3) is 3.96. The van der Waals surface area contributed by atoms with Gasteiger partial charge in [0.15, 0.2) is 5.65 Å². The molecule has 1 aromatic carbocycles. The molecule has 0 aliphatic heterocycles. The number of benzene rings is 1. The van der Waals surface area contributed by atoms with Crippen LogP contribution >= 0.6 is 11.6 Å². The van der Waals surface area contributed by atoms with Crippen LogP contribution in [0.3, 0.4) is 0 Å². The molecule has 6 rings (SSSR count). The lowest BCUT2D eigenvalue weighted by Gasteiger charge is -2.28. The van der Waals surface area contributed by atoms with Crippen LogP contribution in [0.25, 0.3) is 22.4 Å². The zero-order valence-corrected chi connectivity index (χ0v) is 20.1. The van der Waals surface area contributed by atoms with Gasteiger partial charge in [-0.15, -0.1) is 0 Å². The number of nitrogens with zero attached hydrogens (tertiary/aromatic N) is 6. The molecule has 6 nitrogen and oxygen atoms in total. The van der Waals surface area contributed by atoms with Crippen molar-refractivity contribution >= 4 is 22.8 Å². The van der Waals surface area contributed by atoms with Crippen molar-refractivity contribution < 1.29 is 4.39 Å². The van der Waals surface area contributed by atoms with Gasteiger partial charge < -0.3 is 0 Å². The minimum Gasteiger partial charge on any atom is -0.269 e. The first-order chi connectivity index (χ1) is 16.5. The Hall–Kier alpha value is -2.93. The van der Waals surface area contributed by atoms with Gasteiger partial charge in [-0.2, -0.15) is 5.10 Å². The van der Waals surface area contributed by atoms with E-state index in [4.69, 9.17) is 31.5 Å². The molecular weight excluding hydrogens is 451 g/mol. The highest BCUT2D eigenvalue weighted by molar-refractivity contribution is 6.30. The van der Waals surface area contributed by atoms with Crippen LogP contribution in [0.1, 0.15) is 79.2 Å². The van der Waals surface area contributed by atoms with E-state index in [1.807, 2.05) is 20.0 Å². The summed E-state index contributed by atoms with van der Waals surface area (Å²) in [5.74, 6) is 0.887. The van der Waals surface area contributed by atoms with Crippen LogP contribution in [0.15, 0.2) is 30.6 Å². The third-order valence-corrected chi connectivity index (χ3v) is 7.43. The molecule has 34 heavy (non-hydrogen) atoms. The molecule has 0 saturated heterocycles. The molecular formula is C26H26ClFN6. The molecule has 0 unspecified atom stereocenters. The zero-order chi connectivity index (χ0) is 23.4. The van der Waals surface area contributed by atoms with E-state index in [2.05, 4.69) is 16.0 Å². The fraction of sp³-hybridized carbons (Fsp3) is 0.423. The summed E-state index contributed by atoms with van der Waals surface area (Å²) in [5.41, 5.74) is 4.78. The lowest BCUT2D eigenvalue weighted by atomic mass is 9.78. The fourth-order valence-corrected chi connectivity index (χ4v) is 5.17. The van der Waals surface area contributed by atoms with Crippen LogP contribution in [0, 0.1) is 19.7 Å². The number of aryl methyl sites for hydroxylation is 2. The van der Waals surface area contributed by atoms with Crippen LogP contribution in [0.2, 0.25) is 5.02 Å². The Morgan fingerprint density at radius 2 is 1.76 bits per heavy atom. The van der Waals surface area contributed by atoms with Crippen molar-refractivity contribution in [1.29, 1.82) is 0 Å². The SMILES string of the molecule is Cc1nc2nc([C@@H]3CCC[C@H](c4cnn(C5CC5)c4)C3)nc(-c3ccc(Cl)cc3F)c2nc1C. The first kappa shape index (κ1) is 21.6. The molecule has 0 N–H and O–H groups in total. The standard InChI is InChI=1S/C26H26ClFN6/c1-14-15(2)31-26-24(30-14)23(21-9-6-19(27)11-22(21)28)32-25(33-26)17-5-3-4-16(10-17)18-12-29-34(13-18)20-7-8-20/h6,9,11-13,16-17,20H,3-5,7-8,10H2,1-2H3/t16-,17+/m0/s1. The maximum atomic E-state index is 15.0. The second-order valence-corrected chi connectivity index (χ2v) is 10.1. The molecule has 0 amide bonds. The average molecular weight is 477 g/mol. The molecule has 2 saturated carbocycles. The maximum absolute atomic E-state index is 15.0. The van der Waals surface area contributed by atoms with Gasteiger partial charge in [0.05, 0.1) is 23.6 Å². The first-order valence-corrected chi connectivity index (χ1v) is 12.4. The molecule has 2 aliphatic rings. The van der Waals surface area contributed by atoms with E-state index in [1.165, 1.54) is 24.5 Å². The van der Waals surface area contributed by atoms with E-state index in [0.29, 0.717) is 45.2 Å². The summed E-state index contributed by atoms with van der Waals surface area (Å²) >= 11 is 6.01. The Labute approximate surface area is 202 Å². The largest absolute Gasteiger partial charge is 0.269 e. The maximum Gasteiger partial charge on any atom is 0.182 e. The summed E-state index contributed by atoms with van der Waals surface area (Å²) in [7, 11) is 0. The number of rotatable bonds is 4. The van der Waals surface area contributed by atoms with Crippen molar-refractivity contribution in [2.75, 3.05) is 0 Å². The molecule has 0 bridgehead atoms. The van der Waals surface area contributed by atoms with Gasteiger partial charge in [-0.3, -0.25) is 4.68 Å². The lowest BCUT2D eigenvalue weighted by molar-refractivity contribution is 0.383. The summed E-state index contributed by atoms with van der Waals surface area (Å²) in [6.07, 6.45) is 10.9. The molecule has 4 aromatic rings. The number of halogens is 2. The van der Waals surface area contributed by atoms with Crippen molar-refractivity contribution in [2.45, 2.75) is 70.3 Å². The predicted octanol–water partition coefficient (Wildman–Crippen LogP) is 6.47. The number of aromatic nitrogens is 6. The van der Waals surface area contributed by atoms with Crippen molar-refractivity contribution in [3.8, 4) is 11.3 Å². The van der Waals surface area contributed by atoms with Crippen molar-refractivity contribution in [1.82, 2.24) is 29.7 Å². The molecule has 8 heteroatoms. The molecule has 2 fully saturated rings. The number of fused-ring (bicyclic) bond motifs is 1. The van der Waals surface area contributed by atoms with Gasteiger partial charge in [0.1, 0.15) is 22.9 Å². The normalized spacial score (nSPS) is 20.7. The minimum absolute atomic E-state index is 0.171. The van der Waals surface area contributed by atoms with Crippen molar-refractivity contribution in [3.05, 3.63) is 64.2 Å². The van der Waals surface area contributed by atoms with Crippen molar-refractivity contribution in [2.24, 2.45) is 0 Å². The molecule has 3 aromatic heterocycles. The first-order valence-electron chi connectivity index (χ1n) is 12.0. The summed E-state index contributed by atoms with van der Waals surface area (Å²) in [5, 5.41) is 4.94. The number of hydrogen-bond donors (Lipinski definition) is 0. The van der Waals surface area contributed by atoms with Gasteiger partial charge in [0, 0.05) is 22.7 Å². The van der Waals surface area contributed by atoms with Crippen molar-refractivity contribution in [3.63, 3.8) is 0 Å². The van der Waals surface area contributed by atoms with E-state index < -0.39 is 5.82 Å². The summed E-state index contributed by atoms with van der Waals surface area (Å²) in [6.45, 7) is 3.81. The van der Waals surface area contributed by atoms with Crippen LogP contribution in [0.5, 0.6) is 0 Å². The topological polar surface area (TPSA) is 69.4 Å². The highest BCUT2D eigenvalue weighted by Gasteiger charge is 2.30. The summed E-state index contributed by atoms with van der Waals surface area (Å²) in [4.78, 5) is 19.1. The highest BCUT2D eigenvalue weighted by Crippen LogP contribution is 2.42. The van der Waals surface area contributed by atoms with E-state index in [1.54, 1.807) is 12.1 Å². The Bertz CT molecular complexity index is 1400. The minimum atomic E-state index is -0.424. The van der Waals surface area contributed by atoms with Gasteiger partial charge in [0.2, 0.25) is 0 Å². The fourth-order valence-electron chi connectivity index (χ4n) is 5.01.